The minimum absolute atomic E-state index is 0.139. The standard InChI is InChI=1S/C22H17FN2O4.C2H5NOS.C2H6/c1-9-10-3-2-4-11-13-7-25-17(19(13)24-16(18(10)11)6-15(9)23)5-12-14(21(25)27)8-29-22(28)20(12)26;3-2(4)1-5;1-2/h5-6,20,26H,2-4,7-8H2,1H3;5H,1H2,(H2,3,4);1-2H3. The lowest BCUT2D eigenvalue weighted by molar-refractivity contribution is -0.157. The van der Waals surface area contributed by atoms with Crippen molar-refractivity contribution < 1.29 is 23.8 Å². The zero-order valence-electron chi connectivity index (χ0n) is 20.4. The van der Waals surface area contributed by atoms with Crippen molar-refractivity contribution in [3.05, 3.63) is 61.7 Å². The fourth-order valence-corrected chi connectivity index (χ4v) is 5.06. The van der Waals surface area contributed by atoms with Gasteiger partial charge in [-0.3, -0.25) is 9.59 Å². The second-order valence-corrected chi connectivity index (χ2v) is 8.93. The zero-order chi connectivity index (χ0) is 26.3. The lowest BCUT2D eigenvalue weighted by Crippen LogP contribution is -2.32. The second-order valence-electron chi connectivity index (χ2n) is 8.62. The van der Waals surface area contributed by atoms with Gasteiger partial charge in [0.2, 0.25) is 5.91 Å². The fourth-order valence-electron chi connectivity index (χ4n) is 5.06. The van der Waals surface area contributed by atoms with Crippen LogP contribution in [0.25, 0.3) is 22.3 Å². The number of aromatic nitrogens is 2. The third-order valence-electron chi connectivity index (χ3n) is 6.70. The van der Waals surface area contributed by atoms with E-state index in [0.717, 1.165) is 41.3 Å². The smallest absolute Gasteiger partial charge is 0.340 e. The number of fused-ring (bicyclic) bond motifs is 5. The molecule has 0 radical (unpaired) electrons. The van der Waals surface area contributed by atoms with Crippen LogP contribution >= 0.6 is 12.6 Å². The molecule has 8 nitrogen and oxygen atoms in total. The summed E-state index contributed by atoms with van der Waals surface area (Å²) < 4.78 is 21.1. The molecule has 1 atom stereocenters. The van der Waals surface area contributed by atoms with Crippen LogP contribution in [-0.4, -0.2) is 32.3 Å². The highest BCUT2D eigenvalue weighted by Gasteiger charge is 2.35. The number of aryl methyl sites for hydroxylation is 2. The molecule has 0 spiro atoms. The van der Waals surface area contributed by atoms with Gasteiger partial charge in [0, 0.05) is 22.6 Å². The number of aliphatic hydroxyl groups excluding tert-OH is 1. The maximum atomic E-state index is 14.5. The zero-order valence-corrected chi connectivity index (χ0v) is 21.2. The first kappa shape index (κ1) is 25.8. The number of cyclic esters (lactones) is 1. The lowest BCUT2D eigenvalue weighted by Gasteiger charge is -2.22. The number of halogens is 1. The van der Waals surface area contributed by atoms with E-state index in [1.54, 1.807) is 17.6 Å². The quantitative estimate of drug-likeness (QED) is 0.266. The number of thiol groups is 1. The third kappa shape index (κ3) is 4.08. The first-order valence-electron chi connectivity index (χ1n) is 11.9. The van der Waals surface area contributed by atoms with Crippen LogP contribution < -0.4 is 11.3 Å². The van der Waals surface area contributed by atoms with Crippen molar-refractivity contribution in [2.24, 2.45) is 5.73 Å². The number of primary amides is 1. The number of benzene rings is 1. The number of carbonyl (C=O) groups excluding carboxylic acids is 2. The molecule has 10 heteroatoms. The Kier molecular flexibility index (Phi) is 7.19. The number of esters is 1. The van der Waals surface area contributed by atoms with E-state index in [0.29, 0.717) is 34.6 Å². The molecule has 6 rings (SSSR count). The molecule has 0 saturated carbocycles. The molecular formula is C26H28FN3O5S. The van der Waals surface area contributed by atoms with Crippen LogP contribution in [0.2, 0.25) is 0 Å². The van der Waals surface area contributed by atoms with E-state index < -0.39 is 12.1 Å². The Labute approximate surface area is 212 Å². The summed E-state index contributed by atoms with van der Waals surface area (Å²) in [6.45, 7) is 6.05. The van der Waals surface area contributed by atoms with E-state index in [9.17, 15) is 23.9 Å². The average Bonchev–Trinajstić information content (AvgIpc) is 3.25. The van der Waals surface area contributed by atoms with Gasteiger partial charge in [-0.1, -0.05) is 13.8 Å². The molecule has 3 aromatic rings. The van der Waals surface area contributed by atoms with Gasteiger partial charge in [0.15, 0.2) is 6.10 Å². The molecule has 1 aromatic carbocycles. The van der Waals surface area contributed by atoms with Gasteiger partial charge in [0.05, 0.1) is 34.8 Å². The molecular weight excluding hydrogens is 485 g/mol. The van der Waals surface area contributed by atoms with Crippen LogP contribution in [0.3, 0.4) is 0 Å². The number of rotatable bonds is 1. The van der Waals surface area contributed by atoms with Crippen LogP contribution in [-0.2, 0) is 40.3 Å². The molecule has 3 N–H and O–H groups in total. The first-order chi connectivity index (χ1) is 17.2. The molecule has 36 heavy (non-hydrogen) atoms. The van der Waals surface area contributed by atoms with E-state index in [2.05, 4.69) is 18.4 Å². The SMILES string of the molecule is CC.Cc1c(F)cc2nc3c(c4c2c1CCC4)Cn1c-3cc2c(c1=O)COC(=O)C2O.NC(=O)CS. The molecule has 1 amide bonds. The van der Waals surface area contributed by atoms with Gasteiger partial charge in [0.25, 0.3) is 5.56 Å². The van der Waals surface area contributed by atoms with Crippen LogP contribution in [0.5, 0.6) is 0 Å². The normalized spacial score (nSPS) is 16.5. The summed E-state index contributed by atoms with van der Waals surface area (Å²) in [4.78, 5) is 39.1. The Morgan fingerprint density at radius 1 is 1.22 bits per heavy atom. The molecule has 0 bridgehead atoms. The summed E-state index contributed by atoms with van der Waals surface area (Å²) in [5, 5.41) is 11.2. The number of hydrogen-bond donors (Lipinski definition) is 3. The van der Waals surface area contributed by atoms with Crippen molar-refractivity contribution in [2.45, 2.75) is 59.3 Å². The van der Waals surface area contributed by atoms with Gasteiger partial charge < -0.3 is 20.1 Å². The van der Waals surface area contributed by atoms with Crippen molar-refractivity contribution in [3.63, 3.8) is 0 Å². The summed E-state index contributed by atoms with van der Waals surface area (Å²) in [5.41, 5.74) is 10.4. The Bertz CT molecular complexity index is 1470. The van der Waals surface area contributed by atoms with Crippen LogP contribution in [0, 0.1) is 12.7 Å². The van der Waals surface area contributed by atoms with Crippen LogP contribution in [0.1, 0.15) is 59.8 Å². The van der Waals surface area contributed by atoms with Gasteiger partial charge in [-0.25, -0.2) is 14.2 Å². The summed E-state index contributed by atoms with van der Waals surface area (Å²) in [6.07, 6.45) is 1.12. The van der Waals surface area contributed by atoms with Gasteiger partial charge >= 0.3 is 5.97 Å². The minimum atomic E-state index is -1.48. The predicted octanol–water partition coefficient (Wildman–Crippen LogP) is 2.88. The Balaban J connectivity index is 0.000000391. The van der Waals surface area contributed by atoms with E-state index >= 15 is 0 Å². The summed E-state index contributed by atoms with van der Waals surface area (Å²) in [5.74, 6) is -1.27. The van der Waals surface area contributed by atoms with E-state index in [1.165, 1.54) is 6.07 Å². The van der Waals surface area contributed by atoms with E-state index in [1.807, 2.05) is 13.8 Å². The number of nitrogens with zero attached hydrogens (tertiary/aromatic N) is 2. The number of carbonyl (C=O) groups is 2. The maximum absolute atomic E-state index is 14.5. The largest absolute Gasteiger partial charge is 0.458 e. The molecule has 4 heterocycles. The number of ether oxygens (including phenoxy) is 1. The van der Waals surface area contributed by atoms with Crippen molar-refractivity contribution >= 4 is 35.4 Å². The van der Waals surface area contributed by atoms with Crippen molar-refractivity contribution in [3.8, 4) is 11.4 Å². The summed E-state index contributed by atoms with van der Waals surface area (Å²) >= 11 is 3.54. The average molecular weight is 514 g/mol. The summed E-state index contributed by atoms with van der Waals surface area (Å²) in [6, 6.07) is 3.13. The number of pyridine rings is 2. The maximum Gasteiger partial charge on any atom is 0.340 e. The lowest BCUT2D eigenvalue weighted by atomic mass is 9.85. The van der Waals surface area contributed by atoms with Gasteiger partial charge in [-0.05, 0) is 48.9 Å². The second kappa shape index (κ2) is 10.0. The van der Waals surface area contributed by atoms with Crippen molar-refractivity contribution in [1.82, 2.24) is 9.55 Å². The highest BCUT2D eigenvalue weighted by molar-refractivity contribution is 7.81. The number of hydrogen-bond acceptors (Lipinski definition) is 7. The first-order valence-corrected chi connectivity index (χ1v) is 12.5. The molecule has 2 aliphatic heterocycles. The molecule has 190 valence electrons. The number of aliphatic hydroxyl groups is 1. The minimum Gasteiger partial charge on any atom is -0.458 e. The molecule has 0 fully saturated rings. The van der Waals surface area contributed by atoms with Gasteiger partial charge in [-0.2, -0.15) is 12.6 Å². The monoisotopic (exact) mass is 513 g/mol. The van der Waals surface area contributed by atoms with E-state index in [4.69, 9.17) is 9.72 Å². The number of nitrogens with two attached hydrogens (primary N) is 1. The molecule has 0 saturated heterocycles. The Hall–Kier alpha value is -3.24. The van der Waals surface area contributed by atoms with Crippen LogP contribution in [0.15, 0.2) is 16.9 Å². The van der Waals surface area contributed by atoms with Crippen molar-refractivity contribution in [2.75, 3.05) is 5.75 Å². The van der Waals surface area contributed by atoms with Gasteiger partial charge in [0.1, 0.15) is 12.4 Å². The predicted molar refractivity (Wildman–Crippen MR) is 136 cm³/mol. The topological polar surface area (TPSA) is 125 Å². The number of amides is 1. The molecule has 1 aliphatic carbocycles. The van der Waals surface area contributed by atoms with Crippen molar-refractivity contribution in [1.29, 1.82) is 0 Å². The van der Waals surface area contributed by atoms with E-state index in [-0.39, 0.29) is 35.2 Å². The van der Waals surface area contributed by atoms with Crippen LogP contribution in [0.4, 0.5) is 4.39 Å². The Morgan fingerprint density at radius 2 is 1.89 bits per heavy atom. The van der Waals surface area contributed by atoms with Gasteiger partial charge in [-0.15, -0.1) is 0 Å². The molecule has 1 unspecified atom stereocenters. The fraction of sp³-hybridized carbons (Fsp3) is 0.385. The Morgan fingerprint density at radius 3 is 2.56 bits per heavy atom. The highest BCUT2D eigenvalue weighted by Crippen LogP contribution is 2.41. The molecule has 3 aliphatic rings. The third-order valence-corrected chi connectivity index (χ3v) is 7.01. The molecule has 2 aromatic heterocycles. The highest BCUT2D eigenvalue weighted by atomic mass is 32.1. The summed E-state index contributed by atoms with van der Waals surface area (Å²) in [7, 11) is 0.